The third kappa shape index (κ3) is 10.4. The van der Waals surface area contributed by atoms with Gasteiger partial charge in [0.1, 0.15) is 0 Å². The topological polar surface area (TPSA) is 0 Å². The second kappa shape index (κ2) is 16.3. The molecule has 0 bridgehead atoms. The average Bonchev–Trinajstić information content (AvgIpc) is 3.55. The Hall–Kier alpha value is -1.56. The molecule has 2 aromatic rings. The first kappa shape index (κ1) is 27.5. The highest BCUT2D eigenvalue weighted by Crippen LogP contribution is 2.37. The van der Waals surface area contributed by atoms with Gasteiger partial charge in [-0.3, -0.25) is 0 Å². The van der Waals surface area contributed by atoms with E-state index < -0.39 is 0 Å². The molecule has 2 aliphatic rings. The minimum absolute atomic E-state index is 0.951. The molecule has 0 spiro atoms. The highest BCUT2D eigenvalue weighted by atomic mass is 14.3. The first-order valence-corrected chi connectivity index (χ1v) is 15.9. The fourth-order valence-electron chi connectivity index (χ4n) is 7.43. The first-order chi connectivity index (χ1) is 17.8. The van der Waals surface area contributed by atoms with Crippen LogP contribution in [0.15, 0.2) is 60.7 Å². The number of hydrogen-bond donors (Lipinski definition) is 0. The van der Waals surface area contributed by atoms with Crippen molar-refractivity contribution in [1.82, 2.24) is 0 Å². The lowest BCUT2D eigenvalue weighted by atomic mass is 9.94. The zero-order chi connectivity index (χ0) is 24.7. The Kier molecular flexibility index (Phi) is 12.5. The zero-order valence-electron chi connectivity index (χ0n) is 23.2. The molecule has 4 atom stereocenters. The fourth-order valence-corrected chi connectivity index (χ4v) is 7.43. The van der Waals surface area contributed by atoms with Gasteiger partial charge in [-0.1, -0.05) is 151 Å². The Bertz CT molecular complexity index is 724. The summed E-state index contributed by atoms with van der Waals surface area (Å²) < 4.78 is 0. The lowest BCUT2D eigenvalue weighted by molar-refractivity contribution is 0.432. The summed E-state index contributed by atoms with van der Waals surface area (Å²) in [5.41, 5.74) is 3.09. The first-order valence-electron chi connectivity index (χ1n) is 15.9. The molecule has 2 saturated carbocycles. The molecular formula is C36H54. The van der Waals surface area contributed by atoms with Crippen LogP contribution in [0.1, 0.15) is 127 Å². The highest BCUT2D eigenvalue weighted by Gasteiger charge is 2.25. The van der Waals surface area contributed by atoms with Gasteiger partial charge in [-0.15, -0.1) is 0 Å². The lowest BCUT2D eigenvalue weighted by Gasteiger charge is -2.12. The average molecular weight is 487 g/mol. The van der Waals surface area contributed by atoms with Crippen molar-refractivity contribution in [2.45, 2.75) is 128 Å². The van der Waals surface area contributed by atoms with Crippen LogP contribution < -0.4 is 0 Å². The molecule has 0 heterocycles. The SMILES string of the molecule is c1ccc(CC2CCC(CCCCCCCCCCCCC3CCC(Cc4ccccc4)C3)C2)cc1. The van der Waals surface area contributed by atoms with E-state index in [0.29, 0.717) is 0 Å². The summed E-state index contributed by atoms with van der Waals surface area (Å²) in [5, 5.41) is 0. The summed E-state index contributed by atoms with van der Waals surface area (Å²) in [7, 11) is 0. The van der Waals surface area contributed by atoms with Crippen molar-refractivity contribution in [1.29, 1.82) is 0 Å². The smallest absolute Gasteiger partial charge is 0.0250 e. The molecule has 0 saturated heterocycles. The highest BCUT2D eigenvalue weighted by molar-refractivity contribution is 5.16. The van der Waals surface area contributed by atoms with E-state index in [-0.39, 0.29) is 0 Å². The molecule has 36 heavy (non-hydrogen) atoms. The summed E-state index contributed by atoms with van der Waals surface area (Å²) in [6, 6.07) is 22.3. The standard InChI is InChI=1S/C36H54/c1(3-5-7-11-21-33-23-25-35(29-33)27-31-17-13-9-14-18-31)2-4-6-8-12-22-34-24-26-36(30-34)28-32-19-15-10-16-20-32/h9-10,13-20,33-36H,1-8,11-12,21-30H2. The van der Waals surface area contributed by atoms with Crippen LogP contribution in [0.4, 0.5) is 0 Å². The van der Waals surface area contributed by atoms with Crippen molar-refractivity contribution < 1.29 is 0 Å². The summed E-state index contributed by atoms with van der Waals surface area (Å²) in [6.07, 6.45) is 29.3. The van der Waals surface area contributed by atoms with E-state index in [4.69, 9.17) is 0 Å². The Labute approximate surface area is 223 Å². The summed E-state index contributed by atoms with van der Waals surface area (Å²) in [4.78, 5) is 0. The fraction of sp³-hybridized carbons (Fsp3) is 0.667. The van der Waals surface area contributed by atoms with Crippen LogP contribution in [0.3, 0.4) is 0 Å². The molecule has 2 aliphatic carbocycles. The van der Waals surface area contributed by atoms with Gasteiger partial charge in [0.25, 0.3) is 0 Å². The second-order valence-corrected chi connectivity index (χ2v) is 12.6. The van der Waals surface area contributed by atoms with Crippen molar-refractivity contribution in [3.05, 3.63) is 71.8 Å². The second-order valence-electron chi connectivity index (χ2n) is 12.6. The maximum Gasteiger partial charge on any atom is -0.0250 e. The van der Waals surface area contributed by atoms with Crippen molar-refractivity contribution in [2.24, 2.45) is 23.7 Å². The molecule has 4 rings (SSSR count). The molecule has 0 aromatic heterocycles. The van der Waals surface area contributed by atoms with Crippen LogP contribution in [0, 0.1) is 23.7 Å². The van der Waals surface area contributed by atoms with Gasteiger partial charge in [0.2, 0.25) is 0 Å². The van der Waals surface area contributed by atoms with E-state index in [0.717, 1.165) is 23.7 Å². The van der Waals surface area contributed by atoms with E-state index in [9.17, 15) is 0 Å². The van der Waals surface area contributed by atoms with Gasteiger partial charge in [0, 0.05) is 0 Å². The minimum atomic E-state index is 0.951. The van der Waals surface area contributed by atoms with Gasteiger partial charge in [0.05, 0.1) is 0 Å². The molecule has 0 N–H and O–H groups in total. The maximum atomic E-state index is 2.31. The number of hydrogen-bond acceptors (Lipinski definition) is 0. The van der Waals surface area contributed by atoms with E-state index in [1.54, 1.807) is 11.1 Å². The molecule has 0 aliphatic heterocycles. The molecular weight excluding hydrogens is 432 g/mol. The van der Waals surface area contributed by atoms with Crippen molar-refractivity contribution in [3.8, 4) is 0 Å². The zero-order valence-corrected chi connectivity index (χ0v) is 23.2. The molecule has 0 heteroatoms. The Balaban J connectivity index is 0.898. The molecule has 0 nitrogen and oxygen atoms in total. The number of rotatable bonds is 17. The monoisotopic (exact) mass is 486 g/mol. The van der Waals surface area contributed by atoms with E-state index in [2.05, 4.69) is 60.7 Å². The maximum absolute atomic E-state index is 2.31. The van der Waals surface area contributed by atoms with E-state index in [1.807, 2.05) is 0 Å². The van der Waals surface area contributed by atoms with Gasteiger partial charge in [-0.2, -0.15) is 0 Å². The van der Waals surface area contributed by atoms with E-state index >= 15 is 0 Å². The van der Waals surface area contributed by atoms with Crippen LogP contribution in [0.5, 0.6) is 0 Å². The summed E-state index contributed by atoms with van der Waals surface area (Å²) in [5.74, 6) is 3.95. The van der Waals surface area contributed by atoms with Crippen LogP contribution in [-0.4, -0.2) is 0 Å². The molecule has 2 fully saturated rings. The predicted octanol–water partition coefficient (Wildman–Crippen LogP) is 11.0. The molecule has 0 amide bonds. The number of unbranched alkanes of at least 4 members (excludes halogenated alkanes) is 9. The van der Waals surface area contributed by atoms with Gasteiger partial charge in [-0.05, 0) is 73.3 Å². The Morgan fingerprint density at radius 3 is 1.11 bits per heavy atom. The third-order valence-electron chi connectivity index (χ3n) is 9.51. The van der Waals surface area contributed by atoms with E-state index in [1.165, 1.54) is 128 Å². The Morgan fingerprint density at radius 2 is 0.722 bits per heavy atom. The van der Waals surface area contributed by atoms with Crippen LogP contribution in [0.2, 0.25) is 0 Å². The van der Waals surface area contributed by atoms with Gasteiger partial charge in [0.15, 0.2) is 0 Å². The van der Waals surface area contributed by atoms with Crippen LogP contribution in [-0.2, 0) is 12.8 Å². The van der Waals surface area contributed by atoms with Crippen LogP contribution in [0.25, 0.3) is 0 Å². The largest absolute Gasteiger partial charge is 0.0622 e. The molecule has 198 valence electrons. The van der Waals surface area contributed by atoms with Gasteiger partial charge >= 0.3 is 0 Å². The van der Waals surface area contributed by atoms with Crippen molar-refractivity contribution in [2.75, 3.05) is 0 Å². The van der Waals surface area contributed by atoms with Crippen LogP contribution >= 0.6 is 0 Å². The molecule has 2 aromatic carbocycles. The normalized spacial score (nSPS) is 23.9. The summed E-state index contributed by atoms with van der Waals surface area (Å²) in [6.45, 7) is 0. The Morgan fingerprint density at radius 1 is 0.389 bits per heavy atom. The van der Waals surface area contributed by atoms with Crippen molar-refractivity contribution >= 4 is 0 Å². The quantitative estimate of drug-likeness (QED) is 0.195. The summed E-state index contributed by atoms with van der Waals surface area (Å²) >= 11 is 0. The molecule has 4 unspecified atom stereocenters. The predicted molar refractivity (Wildman–Crippen MR) is 157 cm³/mol. The third-order valence-corrected chi connectivity index (χ3v) is 9.51. The molecule has 0 radical (unpaired) electrons. The lowest BCUT2D eigenvalue weighted by Crippen LogP contribution is -2.01. The minimum Gasteiger partial charge on any atom is -0.0622 e. The van der Waals surface area contributed by atoms with Gasteiger partial charge in [-0.25, -0.2) is 0 Å². The number of benzene rings is 2. The van der Waals surface area contributed by atoms with Crippen molar-refractivity contribution in [3.63, 3.8) is 0 Å². The van der Waals surface area contributed by atoms with Gasteiger partial charge < -0.3 is 0 Å².